The van der Waals surface area contributed by atoms with Gasteiger partial charge in [-0.15, -0.1) is 0 Å². The summed E-state index contributed by atoms with van der Waals surface area (Å²) in [5.74, 6) is 0.0780. The number of rotatable bonds is 3. The molecule has 2 rings (SSSR count). The molecule has 0 aromatic heterocycles. The fourth-order valence-corrected chi connectivity index (χ4v) is 4.17. The summed E-state index contributed by atoms with van der Waals surface area (Å²) in [6, 6.07) is 4.62. The Kier molecular flexibility index (Phi) is 4.38. The van der Waals surface area contributed by atoms with Crippen molar-refractivity contribution in [2.75, 3.05) is 18.1 Å². The molecule has 1 aliphatic heterocycles. The maximum absolute atomic E-state index is 11.9. The van der Waals surface area contributed by atoms with Crippen molar-refractivity contribution < 1.29 is 13.2 Å². The Bertz CT molecular complexity index is 601. The average molecular weight is 322 g/mol. The maximum Gasteiger partial charge on any atom is 0.251 e. The smallest absolute Gasteiger partial charge is 0.251 e. The van der Waals surface area contributed by atoms with Gasteiger partial charge in [0.25, 0.3) is 5.91 Å². The van der Waals surface area contributed by atoms with E-state index in [4.69, 9.17) is 23.2 Å². The van der Waals surface area contributed by atoms with Crippen LogP contribution in [0, 0.1) is 5.92 Å². The average Bonchev–Trinajstić information content (AvgIpc) is 2.69. The van der Waals surface area contributed by atoms with Crippen molar-refractivity contribution in [1.29, 1.82) is 0 Å². The lowest BCUT2D eigenvalue weighted by Gasteiger charge is -2.10. The van der Waals surface area contributed by atoms with E-state index >= 15 is 0 Å². The van der Waals surface area contributed by atoms with E-state index in [1.54, 1.807) is 12.1 Å². The van der Waals surface area contributed by atoms with Crippen LogP contribution < -0.4 is 5.32 Å². The minimum Gasteiger partial charge on any atom is -0.352 e. The Morgan fingerprint density at radius 2 is 2.05 bits per heavy atom. The van der Waals surface area contributed by atoms with E-state index in [-0.39, 0.29) is 23.3 Å². The van der Waals surface area contributed by atoms with Gasteiger partial charge in [0.2, 0.25) is 0 Å². The van der Waals surface area contributed by atoms with Crippen LogP contribution in [0.3, 0.4) is 0 Å². The van der Waals surface area contributed by atoms with Gasteiger partial charge in [-0.3, -0.25) is 4.79 Å². The number of hydrogen-bond donors (Lipinski definition) is 1. The SMILES string of the molecule is O=C(NCC1CCS(=O)(=O)C1)c1ccc(Cl)c(Cl)c1. The fraction of sp³-hybridized carbons (Fsp3) is 0.417. The summed E-state index contributed by atoms with van der Waals surface area (Å²) in [7, 11) is -2.91. The van der Waals surface area contributed by atoms with Gasteiger partial charge in [0, 0.05) is 12.1 Å². The molecule has 7 heteroatoms. The molecule has 0 radical (unpaired) electrons. The molecule has 19 heavy (non-hydrogen) atoms. The molecule has 1 heterocycles. The second kappa shape index (κ2) is 5.69. The van der Waals surface area contributed by atoms with Crippen LogP contribution in [0.25, 0.3) is 0 Å². The second-order valence-electron chi connectivity index (χ2n) is 4.61. The van der Waals surface area contributed by atoms with Gasteiger partial charge >= 0.3 is 0 Å². The van der Waals surface area contributed by atoms with E-state index in [1.165, 1.54) is 6.07 Å². The molecule has 1 amide bonds. The first-order valence-electron chi connectivity index (χ1n) is 5.81. The van der Waals surface area contributed by atoms with Crippen LogP contribution in [0.1, 0.15) is 16.8 Å². The lowest BCUT2D eigenvalue weighted by atomic mass is 10.1. The predicted molar refractivity (Wildman–Crippen MR) is 75.6 cm³/mol. The minimum absolute atomic E-state index is 0.00304. The highest BCUT2D eigenvalue weighted by atomic mass is 35.5. The van der Waals surface area contributed by atoms with Crippen LogP contribution in [-0.4, -0.2) is 32.4 Å². The molecule has 1 aromatic carbocycles. The molecule has 0 saturated carbocycles. The van der Waals surface area contributed by atoms with Gasteiger partial charge in [0.1, 0.15) is 0 Å². The third kappa shape index (κ3) is 3.84. The molecular weight excluding hydrogens is 309 g/mol. The Morgan fingerprint density at radius 3 is 2.63 bits per heavy atom. The van der Waals surface area contributed by atoms with Crippen molar-refractivity contribution in [3.8, 4) is 0 Å². The number of halogens is 2. The molecule has 4 nitrogen and oxygen atoms in total. The van der Waals surface area contributed by atoms with Gasteiger partial charge in [-0.1, -0.05) is 23.2 Å². The molecule has 1 aliphatic rings. The molecule has 0 bridgehead atoms. The molecule has 1 saturated heterocycles. The summed E-state index contributed by atoms with van der Waals surface area (Å²) in [5, 5.41) is 3.43. The number of carbonyl (C=O) groups excluding carboxylic acids is 1. The van der Waals surface area contributed by atoms with Crippen molar-refractivity contribution in [3.05, 3.63) is 33.8 Å². The summed E-state index contributed by atoms with van der Waals surface area (Å²) in [6.45, 7) is 0.359. The number of hydrogen-bond acceptors (Lipinski definition) is 3. The van der Waals surface area contributed by atoms with Crippen molar-refractivity contribution in [3.63, 3.8) is 0 Å². The number of benzene rings is 1. The summed E-state index contributed by atoms with van der Waals surface area (Å²) in [6.07, 6.45) is 0.601. The first-order valence-corrected chi connectivity index (χ1v) is 8.39. The van der Waals surface area contributed by atoms with Crippen LogP contribution in [0.4, 0.5) is 0 Å². The van der Waals surface area contributed by atoms with E-state index in [1.807, 2.05) is 0 Å². The van der Waals surface area contributed by atoms with Gasteiger partial charge in [-0.25, -0.2) is 8.42 Å². The van der Waals surface area contributed by atoms with Gasteiger partial charge < -0.3 is 5.32 Å². The Morgan fingerprint density at radius 1 is 1.32 bits per heavy atom. The zero-order valence-electron chi connectivity index (χ0n) is 10.0. The Balaban J connectivity index is 1.93. The van der Waals surface area contributed by atoms with Crippen LogP contribution in [-0.2, 0) is 9.84 Å². The molecular formula is C12H13Cl2NO3S. The quantitative estimate of drug-likeness (QED) is 0.927. The molecule has 1 N–H and O–H groups in total. The standard InChI is InChI=1S/C12H13Cl2NO3S/c13-10-2-1-9(5-11(10)14)12(16)15-6-8-3-4-19(17,18)7-8/h1-2,5,8H,3-4,6-7H2,(H,15,16). The summed E-state index contributed by atoms with van der Waals surface area (Å²) >= 11 is 11.6. The summed E-state index contributed by atoms with van der Waals surface area (Å²) < 4.78 is 22.6. The normalized spacial score (nSPS) is 21.3. The van der Waals surface area contributed by atoms with Gasteiger partial charge in [0.05, 0.1) is 21.6 Å². The second-order valence-corrected chi connectivity index (χ2v) is 7.65. The van der Waals surface area contributed by atoms with E-state index in [2.05, 4.69) is 5.32 Å². The van der Waals surface area contributed by atoms with Gasteiger partial charge in [0.15, 0.2) is 9.84 Å². The lowest BCUT2D eigenvalue weighted by Crippen LogP contribution is -2.29. The topological polar surface area (TPSA) is 63.2 Å². The lowest BCUT2D eigenvalue weighted by molar-refractivity contribution is 0.0948. The third-order valence-corrected chi connectivity index (χ3v) is 5.64. The molecule has 0 aliphatic carbocycles. The first kappa shape index (κ1) is 14.6. The molecule has 104 valence electrons. The summed E-state index contributed by atoms with van der Waals surface area (Å²) in [5.41, 5.74) is 0.412. The van der Waals surface area contributed by atoms with E-state index < -0.39 is 9.84 Å². The van der Waals surface area contributed by atoms with Gasteiger partial charge in [-0.05, 0) is 30.5 Å². The monoisotopic (exact) mass is 321 g/mol. The molecule has 0 spiro atoms. The third-order valence-electron chi connectivity index (χ3n) is 3.06. The number of carbonyl (C=O) groups is 1. The van der Waals surface area contributed by atoms with Crippen molar-refractivity contribution in [1.82, 2.24) is 5.32 Å². The van der Waals surface area contributed by atoms with E-state index in [9.17, 15) is 13.2 Å². The van der Waals surface area contributed by atoms with Crippen LogP contribution in [0.2, 0.25) is 10.0 Å². The van der Waals surface area contributed by atoms with E-state index in [0.29, 0.717) is 28.6 Å². The predicted octanol–water partition coefficient (Wildman–Crippen LogP) is 2.16. The summed E-state index contributed by atoms with van der Waals surface area (Å²) in [4.78, 5) is 11.9. The minimum atomic E-state index is -2.91. The highest BCUT2D eigenvalue weighted by Crippen LogP contribution is 2.22. The van der Waals surface area contributed by atoms with Crippen molar-refractivity contribution >= 4 is 38.9 Å². The van der Waals surface area contributed by atoms with Crippen LogP contribution in [0.5, 0.6) is 0 Å². The van der Waals surface area contributed by atoms with Crippen molar-refractivity contribution in [2.45, 2.75) is 6.42 Å². The molecule has 1 unspecified atom stereocenters. The first-order chi connectivity index (χ1) is 8.87. The zero-order valence-corrected chi connectivity index (χ0v) is 12.4. The number of sulfone groups is 1. The fourth-order valence-electron chi connectivity index (χ4n) is 2.01. The molecule has 1 atom stereocenters. The Labute approximate surface area is 122 Å². The zero-order chi connectivity index (χ0) is 14.0. The highest BCUT2D eigenvalue weighted by Gasteiger charge is 2.27. The maximum atomic E-state index is 11.9. The molecule has 1 aromatic rings. The van der Waals surface area contributed by atoms with E-state index in [0.717, 1.165) is 0 Å². The van der Waals surface area contributed by atoms with Crippen LogP contribution in [0.15, 0.2) is 18.2 Å². The van der Waals surface area contributed by atoms with Crippen LogP contribution >= 0.6 is 23.2 Å². The number of amides is 1. The van der Waals surface area contributed by atoms with Crippen molar-refractivity contribution in [2.24, 2.45) is 5.92 Å². The number of nitrogens with one attached hydrogen (secondary N) is 1. The molecule has 1 fully saturated rings. The Hall–Kier alpha value is -0.780. The van der Waals surface area contributed by atoms with Gasteiger partial charge in [-0.2, -0.15) is 0 Å². The largest absolute Gasteiger partial charge is 0.352 e. The highest BCUT2D eigenvalue weighted by molar-refractivity contribution is 7.91.